The molecule has 1 heterocycles. The standard InChI is InChI=1S/C19H22N2O2/c22-17-10-8-15(9-11-17)13-20-19(23)18-7-4-12-21(18)14-16-5-2-1-3-6-16/h1-3,5-6,8-11,18,22H,4,7,12-14H2,(H,20,23)/t18-/m1/s1. The number of hydrogen-bond acceptors (Lipinski definition) is 3. The summed E-state index contributed by atoms with van der Waals surface area (Å²) < 4.78 is 0. The molecule has 0 radical (unpaired) electrons. The number of carbonyl (C=O) groups is 1. The van der Waals surface area contributed by atoms with Crippen molar-refractivity contribution in [2.75, 3.05) is 6.54 Å². The molecule has 1 aliphatic heterocycles. The van der Waals surface area contributed by atoms with Gasteiger partial charge in [-0.1, -0.05) is 42.5 Å². The van der Waals surface area contributed by atoms with E-state index in [1.807, 2.05) is 30.3 Å². The van der Waals surface area contributed by atoms with Crippen molar-refractivity contribution in [3.8, 4) is 5.75 Å². The second-order valence-electron chi connectivity index (χ2n) is 6.00. The molecule has 0 aliphatic carbocycles. The molecular formula is C19H22N2O2. The van der Waals surface area contributed by atoms with E-state index in [1.54, 1.807) is 12.1 Å². The minimum atomic E-state index is -0.0488. The molecule has 2 aromatic rings. The van der Waals surface area contributed by atoms with E-state index in [2.05, 4.69) is 22.3 Å². The number of carbonyl (C=O) groups excluding carboxylic acids is 1. The summed E-state index contributed by atoms with van der Waals surface area (Å²) in [6.45, 7) is 2.28. The Kier molecular flexibility index (Phi) is 4.93. The van der Waals surface area contributed by atoms with Gasteiger partial charge in [0.1, 0.15) is 5.75 Å². The maximum absolute atomic E-state index is 12.5. The fraction of sp³-hybridized carbons (Fsp3) is 0.316. The van der Waals surface area contributed by atoms with Gasteiger partial charge in [0.15, 0.2) is 0 Å². The first-order valence-electron chi connectivity index (χ1n) is 8.06. The monoisotopic (exact) mass is 310 g/mol. The number of amides is 1. The maximum atomic E-state index is 12.5. The number of phenols is 1. The maximum Gasteiger partial charge on any atom is 0.237 e. The Morgan fingerprint density at radius 1 is 1.09 bits per heavy atom. The smallest absolute Gasteiger partial charge is 0.237 e. The molecule has 2 aromatic carbocycles. The number of hydrogen-bond donors (Lipinski definition) is 2. The van der Waals surface area contributed by atoms with Crippen molar-refractivity contribution in [3.05, 3.63) is 65.7 Å². The lowest BCUT2D eigenvalue weighted by Gasteiger charge is -2.23. The van der Waals surface area contributed by atoms with E-state index < -0.39 is 0 Å². The molecule has 2 N–H and O–H groups in total. The average Bonchev–Trinajstić information content (AvgIpc) is 3.03. The third-order valence-electron chi connectivity index (χ3n) is 4.30. The molecule has 3 rings (SSSR count). The Balaban J connectivity index is 1.56. The summed E-state index contributed by atoms with van der Waals surface area (Å²) in [5, 5.41) is 12.3. The third-order valence-corrected chi connectivity index (χ3v) is 4.30. The number of aromatic hydroxyl groups is 1. The van der Waals surface area contributed by atoms with Gasteiger partial charge < -0.3 is 10.4 Å². The van der Waals surface area contributed by atoms with Crippen LogP contribution < -0.4 is 5.32 Å². The number of rotatable bonds is 5. The molecule has 0 aromatic heterocycles. The lowest BCUT2D eigenvalue weighted by molar-refractivity contribution is -0.125. The van der Waals surface area contributed by atoms with Crippen LogP contribution in [0.25, 0.3) is 0 Å². The van der Waals surface area contributed by atoms with Crippen molar-refractivity contribution in [2.24, 2.45) is 0 Å². The van der Waals surface area contributed by atoms with Crippen molar-refractivity contribution in [1.29, 1.82) is 0 Å². The predicted octanol–water partition coefficient (Wildman–Crippen LogP) is 2.67. The molecule has 1 atom stereocenters. The van der Waals surface area contributed by atoms with E-state index >= 15 is 0 Å². The van der Waals surface area contributed by atoms with Crippen LogP contribution in [0, 0.1) is 0 Å². The van der Waals surface area contributed by atoms with Crippen LogP contribution in [0.5, 0.6) is 5.75 Å². The molecule has 4 nitrogen and oxygen atoms in total. The van der Waals surface area contributed by atoms with Crippen LogP contribution in [0.4, 0.5) is 0 Å². The highest BCUT2D eigenvalue weighted by Gasteiger charge is 2.30. The molecule has 23 heavy (non-hydrogen) atoms. The van der Waals surface area contributed by atoms with Gasteiger partial charge in [0.05, 0.1) is 6.04 Å². The normalized spacial score (nSPS) is 18.0. The summed E-state index contributed by atoms with van der Waals surface area (Å²) in [5.41, 5.74) is 2.23. The van der Waals surface area contributed by atoms with Gasteiger partial charge in [-0.25, -0.2) is 0 Å². The van der Waals surface area contributed by atoms with E-state index in [4.69, 9.17) is 0 Å². The third kappa shape index (κ3) is 4.11. The van der Waals surface area contributed by atoms with Gasteiger partial charge >= 0.3 is 0 Å². The Labute approximate surface area is 136 Å². The summed E-state index contributed by atoms with van der Waals surface area (Å²) in [6, 6.07) is 17.2. The van der Waals surface area contributed by atoms with Gasteiger partial charge in [-0.3, -0.25) is 9.69 Å². The second-order valence-corrected chi connectivity index (χ2v) is 6.00. The van der Waals surface area contributed by atoms with Crippen LogP contribution >= 0.6 is 0 Å². The highest BCUT2D eigenvalue weighted by Crippen LogP contribution is 2.20. The van der Waals surface area contributed by atoms with Gasteiger partial charge in [0.2, 0.25) is 5.91 Å². The molecule has 1 amide bonds. The lowest BCUT2D eigenvalue weighted by atomic mass is 10.1. The zero-order valence-electron chi connectivity index (χ0n) is 13.1. The second kappa shape index (κ2) is 7.29. The molecule has 0 spiro atoms. The summed E-state index contributed by atoms with van der Waals surface area (Å²) >= 11 is 0. The molecule has 0 saturated carbocycles. The van der Waals surface area contributed by atoms with E-state index in [0.29, 0.717) is 6.54 Å². The van der Waals surface area contributed by atoms with Gasteiger partial charge in [0, 0.05) is 13.1 Å². The molecular weight excluding hydrogens is 288 g/mol. The van der Waals surface area contributed by atoms with Crippen LogP contribution in [0.15, 0.2) is 54.6 Å². The molecule has 4 heteroatoms. The van der Waals surface area contributed by atoms with E-state index in [9.17, 15) is 9.90 Å². The van der Waals surface area contributed by atoms with Crippen LogP contribution in [0.1, 0.15) is 24.0 Å². The largest absolute Gasteiger partial charge is 0.508 e. The Hall–Kier alpha value is -2.33. The summed E-state index contributed by atoms with van der Waals surface area (Å²) in [5.74, 6) is 0.330. The zero-order valence-corrected chi connectivity index (χ0v) is 13.1. The van der Waals surface area contributed by atoms with E-state index in [1.165, 1.54) is 5.56 Å². The molecule has 0 bridgehead atoms. The number of likely N-dealkylation sites (tertiary alicyclic amines) is 1. The summed E-state index contributed by atoms with van der Waals surface area (Å²) in [4.78, 5) is 14.7. The Morgan fingerprint density at radius 2 is 1.83 bits per heavy atom. The Bertz CT molecular complexity index is 640. The molecule has 1 aliphatic rings. The quantitative estimate of drug-likeness (QED) is 0.893. The highest BCUT2D eigenvalue weighted by molar-refractivity contribution is 5.82. The SMILES string of the molecule is O=C(NCc1ccc(O)cc1)[C@H]1CCCN1Cc1ccccc1. The van der Waals surface area contributed by atoms with Crippen molar-refractivity contribution in [3.63, 3.8) is 0 Å². The first kappa shape index (κ1) is 15.6. The predicted molar refractivity (Wildman–Crippen MR) is 89.8 cm³/mol. The van der Waals surface area contributed by atoms with E-state index in [-0.39, 0.29) is 17.7 Å². The lowest BCUT2D eigenvalue weighted by Crippen LogP contribution is -2.42. The van der Waals surface area contributed by atoms with Crippen LogP contribution in [0.2, 0.25) is 0 Å². The number of benzene rings is 2. The van der Waals surface area contributed by atoms with Crippen molar-refractivity contribution >= 4 is 5.91 Å². The minimum Gasteiger partial charge on any atom is -0.508 e. The number of phenolic OH excluding ortho intramolecular Hbond substituents is 1. The topological polar surface area (TPSA) is 52.6 Å². The zero-order chi connectivity index (χ0) is 16.1. The summed E-state index contributed by atoms with van der Waals surface area (Å²) in [7, 11) is 0. The fourth-order valence-corrected chi connectivity index (χ4v) is 3.05. The number of nitrogens with zero attached hydrogens (tertiary/aromatic N) is 1. The van der Waals surface area contributed by atoms with Crippen LogP contribution in [0.3, 0.4) is 0 Å². The van der Waals surface area contributed by atoms with Crippen LogP contribution in [-0.4, -0.2) is 28.5 Å². The average molecular weight is 310 g/mol. The van der Waals surface area contributed by atoms with Crippen LogP contribution in [-0.2, 0) is 17.9 Å². The first-order valence-corrected chi connectivity index (χ1v) is 8.06. The molecule has 1 fully saturated rings. The molecule has 0 unspecified atom stereocenters. The van der Waals surface area contributed by atoms with Gasteiger partial charge in [-0.2, -0.15) is 0 Å². The first-order chi connectivity index (χ1) is 11.2. The Morgan fingerprint density at radius 3 is 2.57 bits per heavy atom. The van der Waals surface area contributed by atoms with Gasteiger partial charge in [0.25, 0.3) is 0 Å². The summed E-state index contributed by atoms with van der Waals surface area (Å²) in [6.07, 6.45) is 1.97. The highest BCUT2D eigenvalue weighted by atomic mass is 16.3. The van der Waals surface area contributed by atoms with E-state index in [0.717, 1.165) is 31.5 Å². The molecule has 1 saturated heterocycles. The van der Waals surface area contributed by atoms with Crippen molar-refractivity contribution in [2.45, 2.75) is 32.0 Å². The van der Waals surface area contributed by atoms with Gasteiger partial charge in [-0.05, 0) is 42.6 Å². The van der Waals surface area contributed by atoms with Gasteiger partial charge in [-0.15, -0.1) is 0 Å². The molecule has 120 valence electrons. The van der Waals surface area contributed by atoms with Crippen molar-refractivity contribution in [1.82, 2.24) is 10.2 Å². The minimum absolute atomic E-state index is 0.0488. The van der Waals surface area contributed by atoms with Crippen molar-refractivity contribution < 1.29 is 9.90 Å². The fourth-order valence-electron chi connectivity index (χ4n) is 3.05. The number of nitrogens with one attached hydrogen (secondary N) is 1.